The number of ether oxygens (including phenoxy) is 1. The van der Waals surface area contributed by atoms with Gasteiger partial charge in [0.1, 0.15) is 18.2 Å². The lowest BCUT2D eigenvalue weighted by molar-refractivity contribution is 0.178. The normalized spacial score (nSPS) is 18.9. The first kappa shape index (κ1) is 13.4. The highest BCUT2D eigenvalue weighted by atomic mass is 32.2. The maximum atomic E-state index is 5.10. The molecule has 1 unspecified atom stereocenters. The number of hydrogen-bond acceptors (Lipinski definition) is 6. The predicted molar refractivity (Wildman–Crippen MR) is 76.3 cm³/mol. The third-order valence-electron chi connectivity index (χ3n) is 2.69. The van der Waals surface area contributed by atoms with Crippen LogP contribution in [0, 0.1) is 0 Å². The van der Waals surface area contributed by atoms with Gasteiger partial charge in [0.25, 0.3) is 0 Å². The Hall–Kier alpha value is -1.01. The number of methoxy groups -OCH3 is 1. The Morgan fingerprint density at radius 1 is 1.44 bits per heavy atom. The van der Waals surface area contributed by atoms with Crippen molar-refractivity contribution in [1.82, 2.24) is 9.97 Å². The fraction of sp³-hybridized carbons (Fsp3) is 0.667. The molecule has 2 heterocycles. The summed E-state index contributed by atoms with van der Waals surface area (Å²) >= 11 is 1.98. The number of thioether (sulfide) groups is 1. The van der Waals surface area contributed by atoms with Gasteiger partial charge in [-0.05, 0) is 19.1 Å². The average Bonchev–Trinajstić information content (AvgIpc) is 2.82. The van der Waals surface area contributed by atoms with Crippen LogP contribution >= 0.6 is 11.8 Å². The minimum atomic E-state index is 0.438. The second-order valence-corrected chi connectivity index (χ2v) is 5.37. The van der Waals surface area contributed by atoms with Crippen LogP contribution in [0.1, 0.15) is 19.2 Å². The number of rotatable bonds is 6. The van der Waals surface area contributed by atoms with E-state index < -0.39 is 0 Å². The van der Waals surface area contributed by atoms with Crippen molar-refractivity contribution in [2.24, 2.45) is 0 Å². The van der Waals surface area contributed by atoms with Crippen molar-refractivity contribution in [3.8, 4) is 0 Å². The van der Waals surface area contributed by atoms with E-state index in [1.807, 2.05) is 17.8 Å². The first-order valence-corrected chi connectivity index (χ1v) is 7.42. The van der Waals surface area contributed by atoms with Crippen LogP contribution in [0.5, 0.6) is 0 Å². The molecule has 1 aromatic heterocycles. The van der Waals surface area contributed by atoms with E-state index in [4.69, 9.17) is 4.74 Å². The highest BCUT2D eigenvalue weighted by Crippen LogP contribution is 2.21. The van der Waals surface area contributed by atoms with E-state index in [0.717, 1.165) is 23.9 Å². The van der Waals surface area contributed by atoms with Gasteiger partial charge < -0.3 is 15.4 Å². The fourth-order valence-electron chi connectivity index (χ4n) is 1.89. The summed E-state index contributed by atoms with van der Waals surface area (Å²) in [4.78, 5) is 8.87. The van der Waals surface area contributed by atoms with Crippen LogP contribution in [0.2, 0.25) is 0 Å². The lowest BCUT2D eigenvalue weighted by atomic mass is 10.2. The quantitative estimate of drug-likeness (QED) is 0.822. The van der Waals surface area contributed by atoms with Crippen LogP contribution in [-0.4, -0.2) is 41.2 Å². The zero-order chi connectivity index (χ0) is 12.8. The van der Waals surface area contributed by atoms with Gasteiger partial charge in [0.15, 0.2) is 5.82 Å². The zero-order valence-corrected chi connectivity index (χ0v) is 11.7. The molecule has 6 heteroatoms. The van der Waals surface area contributed by atoms with E-state index in [1.165, 1.54) is 12.2 Å². The largest absolute Gasteiger partial charge is 0.377 e. The fourth-order valence-corrected chi connectivity index (χ4v) is 3.05. The summed E-state index contributed by atoms with van der Waals surface area (Å²) in [7, 11) is 1.66. The van der Waals surface area contributed by atoms with Crippen LogP contribution in [0.4, 0.5) is 11.6 Å². The molecule has 1 fully saturated rings. The number of nitrogens with one attached hydrogen (secondary N) is 2. The van der Waals surface area contributed by atoms with Gasteiger partial charge >= 0.3 is 0 Å². The van der Waals surface area contributed by atoms with Crippen LogP contribution in [0.25, 0.3) is 0 Å². The van der Waals surface area contributed by atoms with Gasteiger partial charge in [0.05, 0.1) is 0 Å². The molecule has 0 saturated carbocycles. The Morgan fingerprint density at radius 3 is 2.94 bits per heavy atom. The number of aromatic nitrogens is 2. The smallest absolute Gasteiger partial charge is 0.158 e. The maximum absolute atomic E-state index is 5.10. The summed E-state index contributed by atoms with van der Waals surface area (Å²) in [5.41, 5.74) is 0. The van der Waals surface area contributed by atoms with Crippen LogP contribution in [0.15, 0.2) is 6.07 Å². The first-order valence-electron chi connectivity index (χ1n) is 6.27. The van der Waals surface area contributed by atoms with E-state index in [9.17, 15) is 0 Å². The monoisotopic (exact) mass is 268 g/mol. The summed E-state index contributed by atoms with van der Waals surface area (Å²) in [6.07, 6.45) is 1.20. The van der Waals surface area contributed by atoms with Crippen molar-refractivity contribution < 1.29 is 4.74 Å². The molecule has 1 aliphatic rings. The zero-order valence-electron chi connectivity index (χ0n) is 10.9. The van der Waals surface area contributed by atoms with Gasteiger partial charge in [0.2, 0.25) is 0 Å². The molecule has 0 bridgehead atoms. The summed E-state index contributed by atoms with van der Waals surface area (Å²) < 4.78 is 5.10. The molecule has 2 N–H and O–H groups in total. The molecule has 5 nitrogen and oxygen atoms in total. The molecular formula is C12H20N4OS. The van der Waals surface area contributed by atoms with Crippen molar-refractivity contribution >= 4 is 23.4 Å². The molecule has 18 heavy (non-hydrogen) atoms. The first-order chi connectivity index (χ1) is 8.81. The Kier molecular flexibility index (Phi) is 5.07. The molecule has 0 radical (unpaired) electrons. The molecular weight excluding hydrogens is 248 g/mol. The SMILES string of the molecule is CCNc1cc(NC2CCSC2)nc(COC)n1. The Morgan fingerprint density at radius 2 is 2.28 bits per heavy atom. The second-order valence-electron chi connectivity index (χ2n) is 4.22. The van der Waals surface area contributed by atoms with Crippen molar-refractivity contribution in [2.75, 3.05) is 35.8 Å². The number of anilines is 2. The lowest BCUT2D eigenvalue weighted by Gasteiger charge is -2.14. The van der Waals surface area contributed by atoms with Gasteiger partial charge in [-0.3, -0.25) is 0 Å². The standard InChI is InChI=1S/C12H20N4OS/c1-3-13-10-6-11(14-9-4-5-18-8-9)16-12(15-10)7-17-2/h6,9H,3-5,7-8H2,1-2H3,(H2,13,14,15,16). The average molecular weight is 268 g/mol. The molecule has 1 aliphatic heterocycles. The summed E-state index contributed by atoms with van der Waals surface area (Å²) in [5, 5.41) is 6.69. The molecule has 1 atom stereocenters. The maximum Gasteiger partial charge on any atom is 0.158 e. The van der Waals surface area contributed by atoms with Crippen LogP contribution < -0.4 is 10.6 Å². The molecule has 2 rings (SSSR count). The molecule has 1 aromatic rings. The van der Waals surface area contributed by atoms with Gasteiger partial charge in [0, 0.05) is 31.5 Å². The number of nitrogens with zero attached hydrogens (tertiary/aromatic N) is 2. The summed E-state index contributed by atoms with van der Waals surface area (Å²) in [6.45, 7) is 3.34. The van der Waals surface area contributed by atoms with Gasteiger partial charge in [-0.2, -0.15) is 11.8 Å². The van der Waals surface area contributed by atoms with Gasteiger partial charge in [-0.15, -0.1) is 0 Å². The van der Waals surface area contributed by atoms with E-state index in [1.54, 1.807) is 7.11 Å². The molecule has 100 valence electrons. The molecule has 0 amide bonds. The van der Waals surface area contributed by atoms with E-state index in [0.29, 0.717) is 18.5 Å². The minimum Gasteiger partial charge on any atom is -0.377 e. The third kappa shape index (κ3) is 3.74. The second kappa shape index (κ2) is 6.80. The predicted octanol–water partition coefficient (Wildman–Crippen LogP) is 1.97. The van der Waals surface area contributed by atoms with Crippen molar-refractivity contribution in [1.29, 1.82) is 0 Å². The molecule has 1 saturated heterocycles. The summed E-state index contributed by atoms with van der Waals surface area (Å²) in [6, 6.07) is 2.49. The molecule has 0 spiro atoms. The Labute approximate surface area is 112 Å². The van der Waals surface area contributed by atoms with Crippen molar-refractivity contribution in [3.63, 3.8) is 0 Å². The van der Waals surface area contributed by atoms with E-state index >= 15 is 0 Å². The Bertz CT molecular complexity index is 358. The minimum absolute atomic E-state index is 0.438. The van der Waals surface area contributed by atoms with Gasteiger partial charge in [-0.25, -0.2) is 9.97 Å². The summed E-state index contributed by atoms with van der Waals surface area (Å²) in [5.74, 6) is 4.84. The van der Waals surface area contributed by atoms with Gasteiger partial charge in [-0.1, -0.05) is 0 Å². The molecule has 0 aromatic carbocycles. The van der Waals surface area contributed by atoms with E-state index in [2.05, 4.69) is 27.5 Å². The van der Waals surface area contributed by atoms with Crippen LogP contribution in [0.3, 0.4) is 0 Å². The number of hydrogen-bond donors (Lipinski definition) is 2. The highest BCUT2D eigenvalue weighted by molar-refractivity contribution is 7.99. The topological polar surface area (TPSA) is 59.1 Å². The third-order valence-corrected chi connectivity index (χ3v) is 3.85. The van der Waals surface area contributed by atoms with Crippen molar-refractivity contribution in [3.05, 3.63) is 11.9 Å². The van der Waals surface area contributed by atoms with Crippen LogP contribution in [-0.2, 0) is 11.3 Å². The lowest BCUT2D eigenvalue weighted by Crippen LogP contribution is -2.20. The molecule has 0 aliphatic carbocycles. The van der Waals surface area contributed by atoms with Crippen molar-refractivity contribution in [2.45, 2.75) is 26.0 Å². The Balaban J connectivity index is 2.10. The van der Waals surface area contributed by atoms with E-state index in [-0.39, 0.29) is 0 Å². The highest BCUT2D eigenvalue weighted by Gasteiger charge is 2.16.